The fraction of sp³-hybridized carbons (Fsp3) is 0.455. The fourth-order valence-electron chi connectivity index (χ4n) is 1.52. The van der Waals surface area contributed by atoms with E-state index in [1.165, 1.54) is 0 Å². The summed E-state index contributed by atoms with van der Waals surface area (Å²) in [6, 6.07) is 9.61. The molecule has 16 heavy (non-hydrogen) atoms. The maximum Gasteiger partial charge on any atom is 0.0681 e. The monoisotopic (exact) mass is 266 g/mol. The van der Waals surface area contributed by atoms with Crippen molar-refractivity contribution in [3.63, 3.8) is 0 Å². The largest absolute Gasteiger partial charge is 0.392 e. The van der Waals surface area contributed by atoms with E-state index in [0.29, 0.717) is 0 Å². The molecule has 0 radical (unpaired) electrons. The summed E-state index contributed by atoms with van der Waals surface area (Å²) in [6.45, 7) is 1.71. The van der Waals surface area contributed by atoms with E-state index in [1.54, 1.807) is 6.92 Å². The molecule has 0 aliphatic rings. The minimum atomic E-state index is -0.521. The highest BCUT2D eigenvalue weighted by Gasteiger charge is 2.21. The molecule has 1 aromatic carbocycles. The molecule has 0 heterocycles. The molecular formula is C11H20Cl2N2O. The lowest BCUT2D eigenvalue weighted by Crippen LogP contribution is -2.43. The molecule has 0 bridgehead atoms. The van der Waals surface area contributed by atoms with Gasteiger partial charge in [0.15, 0.2) is 0 Å². The number of nitrogens with one attached hydrogen (secondary N) is 1. The van der Waals surface area contributed by atoms with Crippen molar-refractivity contribution >= 4 is 24.8 Å². The van der Waals surface area contributed by atoms with Gasteiger partial charge in [0.05, 0.1) is 6.10 Å². The van der Waals surface area contributed by atoms with Gasteiger partial charge >= 0.3 is 0 Å². The molecule has 1 aromatic rings. The summed E-state index contributed by atoms with van der Waals surface area (Å²) in [5.74, 6) is 0. The second kappa shape index (κ2) is 8.79. The van der Waals surface area contributed by atoms with Crippen LogP contribution in [0.15, 0.2) is 30.3 Å². The van der Waals surface area contributed by atoms with Gasteiger partial charge in [-0.25, -0.2) is 0 Å². The Bertz CT molecular complexity index is 270. The predicted octanol–water partition coefficient (Wildman–Crippen LogP) is 1.50. The summed E-state index contributed by atoms with van der Waals surface area (Å²) < 4.78 is 0. The van der Waals surface area contributed by atoms with Crippen molar-refractivity contribution in [2.75, 3.05) is 7.05 Å². The Balaban J connectivity index is 0. The zero-order valence-corrected chi connectivity index (χ0v) is 11.1. The number of hydrogen-bond donors (Lipinski definition) is 3. The molecule has 3 atom stereocenters. The number of halogens is 2. The molecule has 0 amide bonds. The average Bonchev–Trinajstić information content (AvgIpc) is 2.20. The molecule has 5 heteroatoms. The Labute approximate surface area is 109 Å². The average molecular weight is 267 g/mol. The van der Waals surface area contributed by atoms with Crippen LogP contribution in [-0.2, 0) is 0 Å². The third-order valence-electron chi connectivity index (χ3n) is 2.41. The first-order chi connectivity index (χ1) is 6.66. The summed E-state index contributed by atoms with van der Waals surface area (Å²) in [6.07, 6.45) is -0.521. The van der Waals surface area contributed by atoms with Crippen molar-refractivity contribution in [3.05, 3.63) is 35.9 Å². The molecule has 3 nitrogen and oxygen atoms in total. The van der Waals surface area contributed by atoms with Crippen LogP contribution in [0.4, 0.5) is 0 Å². The van der Waals surface area contributed by atoms with E-state index in [-0.39, 0.29) is 36.9 Å². The van der Waals surface area contributed by atoms with Gasteiger partial charge in [-0.3, -0.25) is 0 Å². The minimum Gasteiger partial charge on any atom is -0.392 e. The number of aliphatic hydroxyl groups excluding tert-OH is 1. The standard InChI is InChI=1S/C11H18N2O.2ClH/c1-8(14)10(12)11(13-2)9-6-4-3-5-7-9;;/h3-8,10-11,13-14H,12H2,1-2H3;2*1H/t8-,10-,11?;;/m0../s1. The molecule has 1 unspecified atom stereocenters. The lowest BCUT2D eigenvalue weighted by Gasteiger charge is -2.25. The van der Waals surface area contributed by atoms with E-state index < -0.39 is 6.10 Å². The van der Waals surface area contributed by atoms with Crippen LogP contribution >= 0.6 is 24.8 Å². The zero-order chi connectivity index (χ0) is 10.6. The van der Waals surface area contributed by atoms with Gasteiger partial charge in [0.1, 0.15) is 0 Å². The summed E-state index contributed by atoms with van der Waals surface area (Å²) in [4.78, 5) is 0. The molecule has 0 spiro atoms. The molecule has 4 N–H and O–H groups in total. The normalized spacial score (nSPS) is 15.2. The van der Waals surface area contributed by atoms with E-state index in [4.69, 9.17) is 5.73 Å². The Morgan fingerprint density at radius 3 is 2.06 bits per heavy atom. The van der Waals surface area contributed by atoms with Gasteiger partial charge in [0.2, 0.25) is 0 Å². The van der Waals surface area contributed by atoms with Crippen LogP contribution in [-0.4, -0.2) is 24.3 Å². The Morgan fingerprint density at radius 1 is 1.19 bits per heavy atom. The highest BCUT2D eigenvalue weighted by Crippen LogP contribution is 2.16. The van der Waals surface area contributed by atoms with Gasteiger partial charge in [0, 0.05) is 12.1 Å². The van der Waals surface area contributed by atoms with Crippen LogP contribution in [0, 0.1) is 0 Å². The van der Waals surface area contributed by atoms with Gasteiger partial charge in [0.25, 0.3) is 0 Å². The molecule has 0 fully saturated rings. The molecule has 94 valence electrons. The number of rotatable bonds is 4. The van der Waals surface area contributed by atoms with Crippen molar-refractivity contribution in [1.82, 2.24) is 5.32 Å². The van der Waals surface area contributed by atoms with Crippen molar-refractivity contribution in [2.24, 2.45) is 5.73 Å². The van der Waals surface area contributed by atoms with Crippen LogP contribution in [0.2, 0.25) is 0 Å². The summed E-state index contributed by atoms with van der Waals surface area (Å²) in [7, 11) is 1.85. The second-order valence-corrected chi connectivity index (χ2v) is 3.49. The molecule has 0 aromatic heterocycles. The third kappa shape index (κ3) is 4.68. The maximum atomic E-state index is 9.42. The van der Waals surface area contributed by atoms with Gasteiger partial charge in [-0.05, 0) is 19.5 Å². The number of hydrogen-bond acceptors (Lipinski definition) is 3. The Kier molecular flexibility index (Phi) is 9.92. The zero-order valence-electron chi connectivity index (χ0n) is 9.46. The van der Waals surface area contributed by atoms with Crippen molar-refractivity contribution < 1.29 is 5.11 Å². The maximum absolute atomic E-state index is 9.42. The number of nitrogens with two attached hydrogens (primary N) is 1. The predicted molar refractivity (Wildman–Crippen MR) is 72.4 cm³/mol. The Hall–Kier alpha value is -0.320. The van der Waals surface area contributed by atoms with E-state index in [1.807, 2.05) is 37.4 Å². The van der Waals surface area contributed by atoms with Crippen LogP contribution in [0.3, 0.4) is 0 Å². The van der Waals surface area contributed by atoms with Crippen LogP contribution in [0.1, 0.15) is 18.5 Å². The summed E-state index contributed by atoms with van der Waals surface area (Å²) >= 11 is 0. The molecule has 0 saturated heterocycles. The first kappa shape index (κ1) is 18.1. The quantitative estimate of drug-likeness (QED) is 0.774. The smallest absolute Gasteiger partial charge is 0.0681 e. The second-order valence-electron chi connectivity index (χ2n) is 3.49. The number of aliphatic hydroxyl groups is 1. The van der Waals surface area contributed by atoms with E-state index in [2.05, 4.69) is 5.32 Å². The van der Waals surface area contributed by atoms with Crippen LogP contribution < -0.4 is 11.1 Å². The van der Waals surface area contributed by atoms with Gasteiger partial charge < -0.3 is 16.2 Å². The van der Waals surface area contributed by atoms with Gasteiger partial charge in [-0.15, -0.1) is 24.8 Å². The van der Waals surface area contributed by atoms with Crippen LogP contribution in [0.25, 0.3) is 0 Å². The van der Waals surface area contributed by atoms with Crippen molar-refractivity contribution in [2.45, 2.75) is 25.1 Å². The summed E-state index contributed by atoms with van der Waals surface area (Å²) in [5, 5.41) is 12.5. The van der Waals surface area contributed by atoms with Gasteiger partial charge in [-0.1, -0.05) is 30.3 Å². The van der Waals surface area contributed by atoms with Gasteiger partial charge in [-0.2, -0.15) is 0 Å². The number of likely N-dealkylation sites (N-methyl/N-ethyl adjacent to an activating group) is 1. The molecule has 0 aliphatic carbocycles. The minimum absolute atomic E-state index is 0. The Morgan fingerprint density at radius 2 is 1.69 bits per heavy atom. The topological polar surface area (TPSA) is 58.3 Å². The third-order valence-corrected chi connectivity index (χ3v) is 2.41. The lowest BCUT2D eigenvalue weighted by atomic mass is 9.97. The first-order valence-corrected chi connectivity index (χ1v) is 4.82. The highest BCUT2D eigenvalue weighted by molar-refractivity contribution is 5.85. The van der Waals surface area contributed by atoms with Crippen LogP contribution in [0.5, 0.6) is 0 Å². The number of benzene rings is 1. The van der Waals surface area contributed by atoms with Crippen molar-refractivity contribution in [3.8, 4) is 0 Å². The summed E-state index contributed by atoms with van der Waals surface area (Å²) in [5.41, 5.74) is 6.99. The molecule has 0 saturated carbocycles. The molecule has 0 aliphatic heterocycles. The fourth-order valence-corrected chi connectivity index (χ4v) is 1.52. The lowest BCUT2D eigenvalue weighted by molar-refractivity contribution is 0.145. The van der Waals surface area contributed by atoms with E-state index in [9.17, 15) is 5.11 Å². The highest BCUT2D eigenvalue weighted by atomic mass is 35.5. The van der Waals surface area contributed by atoms with Crippen molar-refractivity contribution in [1.29, 1.82) is 0 Å². The molecular weight excluding hydrogens is 247 g/mol. The SMILES string of the molecule is CNC(c1ccccc1)[C@@H](N)[C@H](C)O.Cl.Cl. The van der Waals surface area contributed by atoms with E-state index >= 15 is 0 Å². The molecule has 1 rings (SSSR count). The first-order valence-electron chi connectivity index (χ1n) is 4.82. The van der Waals surface area contributed by atoms with E-state index in [0.717, 1.165) is 5.56 Å².